The molecule has 0 saturated carbocycles. The van der Waals surface area contributed by atoms with Crippen LogP contribution in [0.15, 0.2) is 206 Å². The molecule has 0 atom stereocenters. The molecule has 0 fully saturated rings. The first-order valence-electron chi connectivity index (χ1n) is 17.1. The lowest BCUT2D eigenvalue weighted by Gasteiger charge is -2.25. The van der Waals surface area contributed by atoms with E-state index in [1.54, 1.807) is 0 Å². The Morgan fingerprint density at radius 1 is 0.280 bits per heavy atom. The monoisotopic (exact) mass is 638 g/mol. The molecule has 0 aliphatic rings. The van der Waals surface area contributed by atoms with E-state index in [2.05, 4.69) is 216 Å². The number of benzene rings is 8. The van der Waals surface area contributed by atoms with Crippen molar-refractivity contribution in [2.24, 2.45) is 0 Å². The molecule has 0 saturated heterocycles. The normalized spacial score (nSPS) is 11.2. The maximum absolute atomic E-state index is 2.41. The minimum atomic E-state index is 1.11. The van der Waals surface area contributed by atoms with Gasteiger partial charge in [-0.3, -0.25) is 0 Å². The zero-order valence-electron chi connectivity index (χ0n) is 27.5. The van der Waals surface area contributed by atoms with Crippen molar-refractivity contribution in [1.82, 2.24) is 4.57 Å². The number of hydrogen-bond donors (Lipinski definition) is 0. The molecule has 0 N–H and O–H groups in total. The Kier molecular flexibility index (Phi) is 7.53. The van der Waals surface area contributed by atoms with Crippen LogP contribution in [0.2, 0.25) is 0 Å². The molecule has 1 aromatic heterocycles. The summed E-state index contributed by atoms with van der Waals surface area (Å²) in [5.74, 6) is 0. The molecule has 236 valence electrons. The number of para-hydroxylation sites is 3. The van der Waals surface area contributed by atoms with E-state index < -0.39 is 0 Å². The van der Waals surface area contributed by atoms with Gasteiger partial charge in [0.05, 0.1) is 11.0 Å². The molecule has 0 radical (unpaired) electrons. The van der Waals surface area contributed by atoms with Crippen LogP contribution in [-0.2, 0) is 0 Å². The summed E-state index contributed by atoms with van der Waals surface area (Å²) in [4.78, 5) is 2.33. The van der Waals surface area contributed by atoms with Gasteiger partial charge in [-0.2, -0.15) is 0 Å². The Hall–Kier alpha value is -6.64. The average Bonchev–Trinajstić information content (AvgIpc) is 3.52. The maximum Gasteiger partial charge on any atom is 0.0561 e. The van der Waals surface area contributed by atoms with Crippen molar-refractivity contribution in [3.8, 4) is 39.1 Å². The van der Waals surface area contributed by atoms with Gasteiger partial charge in [0, 0.05) is 33.5 Å². The number of rotatable bonds is 7. The topological polar surface area (TPSA) is 8.17 Å². The highest BCUT2D eigenvalue weighted by Gasteiger charge is 2.18. The Morgan fingerprint density at radius 3 is 1.18 bits per heavy atom. The molecule has 0 bridgehead atoms. The third-order valence-electron chi connectivity index (χ3n) is 9.60. The molecule has 0 amide bonds. The van der Waals surface area contributed by atoms with Crippen molar-refractivity contribution in [2.45, 2.75) is 0 Å². The van der Waals surface area contributed by atoms with E-state index in [0.29, 0.717) is 0 Å². The van der Waals surface area contributed by atoms with E-state index >= 15 is 0 Å². The van der Waals surface area contributed by atoms with E-state index in [9.17, 15) is 0 Å². The van der Waals surface area contributed by atoms with Gasteiger partial charge in [0.15, 0.2) is 0 Å². The molecule has 9 rings (SSSR count). The standard InChI is InChI=1S/C48H34N2/c1-5-13-35(14-6-1)36-21-23-37(24-22-36)38-25-27-39(28-26-38)40-29-31-45-46-32-30-44(34-48(46)50(47(45)33-40)43-19-11-4-12-20-43)49(41-15-7-2-8-16-41)42-17-9-3-10-18-42/h1-34H. The average molecular weight is 639 g/mol. The predicted octanol–water partition coefficient (Wildman–Crippen LogP) is 13.3. The number of hydrogen-bond acceptors (Lipinski definition) is 1. The van der Waals surface area contributed by atoms with Crippen LogP contribution in [0.4, 0.5) is 17.1 Å². The molecule has 9 aromatic rings. The quantitative estimate of drug-likeness (QED) is 0.169. The number of aromatic nitrogens is 1. The van der Waals surface area contributed by atoms with E-state index in [1.165, 1.54) is 55.2 Å². The highest BCUT2D eigenvalue weighted by molar-refractivity contribution is 6.11. The molecule has 8 aromatic carbocycles. The van der Waals surface area contributed by atoms with E-state index in [4.69, 9.17) is 0 Å². The summed E-state index contributed by atoms with van der Waals surface area (Å²) in [5.41, 5.74) is 14.1. The second-order valence-corrected chi connectivity index (χ2v) is 12.6. The second-order valence-electron chi connectivity index (χ2n) is 12.6. The fourth-order valence-electron chi connectivity index (χ4n) is 7.12. The van der Waals surface area contributed by atoms with Gasteiger partial charge >= 0.3 is 0 Å². The van der Waals surface area contributed by atoms with Gasteiger partial charge in [-0.15, -0.1) is 0 Å². The fourth-order valence-corrected chi connectivity index (χ4v) is 7.12. The van der Waals surface area contributed by atoms with Gasteiger partial charge in [0.25, 0.3) is 0 Å². The second kappa shape index (κ2) is 12.8. The molecule has 2 nitrogen and oxygen atoms in total. The molecular formula is C48H34N2. The zero-order valence-corrected chi connectivity index (χ0v) is 27.5. The van der Waals surface area contributed by atoms with Crippen LogP contribution in [0.1, 0.15) is 0 Å². The molecule has 0 spiro atoms. The van der Waals surface area contributed by atoms with Crippen LogP contribution < -0.4 is 4.90 Å². The Balaban J connectivity index is 1.13. The van der Waals surface area contributed by atoms with Gasteiger partial charge in [-0.1, -0.05) is 152 Å². The Bertz CT molecular complexity index is 2500. The Labute approximate surface area is 292 Å². The van der Waals surface area contributed by atoms with Crippen LogP contribution in [0.25, 0.3) is 60.9 Å². The van der Waals surface area contributed by atoms with Crippen LogP contribution in [-0.4, -0.2) is 4.57 Å². The van der Waals surface area contributed by atoms with Crippen molar-refractivity contribution in [3.05, 3.63) is 206 Å². The number of fused-ring (bicyclic) bond motifs is 3. The molecule has 1 heterocycles. The van der Waals surface area contributed by atoms with Crippen LogP contribution >= 0.6 is 0 Å². The summed E-state index contributed by atoms with van der Waals surface area (Å²) in [6, 6.07) is 74.0. The summed E-state index contributed by atoms with van der Waals surface area (Å²) in [5, 5.41) is 2.47. The van der Waals surface area contributed by atoms with E-state index in [-0.39, 0.29) is 0 Å². The van der Waals surface area contributed by atoms with Gasteiger partial charge < -0.3 is 9.47 Å². The predicted molar refractivity (Wildman–Crippen MR) is 212 cm³/mol. The lowest BCUT2D eigenvalue weighted by molar-refractivity contribution is 1.18. The molecule has 0 unspecified atom stereocenters. The minimum absolute atomic E-state index is 1.11. The minimum Gasteiger partial charge on any atom is -0.310 e. The fraction of sp³-hybridized carbons (Fsp3) is 0. The number of nitrogens with zero attached hydrogens (tertiary/aromatic N) is 2. The first kappa shape index (κ1) is 29.5. The molecule has 2 heteroatoms. The summed E-state index contributed by atoms with van der Waals surface area (Å²) in [7, 11) is 0. The Morgan fingerprint density at radius 2 is 0.660 bits per heavy atom. The van der Waals surface area contributed by atoms with E-state index in [0.717, 1.165) is 22.7 Å². The lowest BCUT2D eigenvalue weighted by Crippen LogP contribution is -2.09. The molecule has 0 aliphatic heterocycles. The molecular weight excluding hydrogens is 605 g/mol. The van der Waals surface area contributed by atoms with Gasteiger partial charge in [-0.25, -0.2) is 0 Å². The SMILES string of the molecule is c1ccc(-c2ccc(-c3ccc(-c4ccc5c6ccc(N(c7ccccc7)c7ccccc7)cc6n(-c6ccccc6)c5c4)cc3)cc2)cc1. The van der Waals surface area contributed by atoms with Crippen molar-refractivity contribution in [2.75, 3.05) is 4.90 Å². The zero-order chi connectivity index (χ0) is 33.3. The van der Waals surface area contributed by atoms with Crippen molar-refractivity contribution < 1.29 is 0 Å². The van der Waals surface area contributed by atoms with E-state index in [1.807, 2.05) is 0 Å². The molecule has 0 aliphatic carbocycles. The largest absolute Gasteiger partial charge is 0.310 e. The lowest BCUT2D eigenvalue weighted by atomic mass is 9.97. The van der Waals surface area contributed by atoms with Crippen LogP contribution in [0.5, 0.6) is 0 Å². The third kappa shape index (κ3) is 5.43. The van der Waals surface area contributed by atoms with Crippen LogP contribution in [0.3, 0.4) is 0 Å². The summed E-state index contributed by atoms with van der Waals surface area (Å²) >= 11 is 0. The van der Waals surface area contributed by atoms with Gasteiger partial charge in [0.1, 0.15) is 0 Å². The molecule has 50 heavy (non-hydrogen) atoms. The first-order valence-corrected chi connectivity index (χ1v) is 17.1. The summed E-state index contributed by atoms with van der Waals surface area (Å²) in [6.45, 7) is 0. The summed E-state index contributed by atoms with van der Waals surface area (Å²) < 4.78 is 2.41. The smallest absolute Gasteiger partial charge is 0.0561 e. The highest BCUT2D eigenvalue weighted by atomic mass is 15.1. The van der Waals surface area contributed by atoms with Gasteiger partial charge in [-0.05, 0) is 88.0 Å². The first-order chi connectivity index (χ1) is 24.8. The third-order valence-corrected chi connectivity index (χ3v) is 9.60. The highest BCUT2D eigenvalue weighted by Crippen LogP contribution is 2.40. The van der Waals surface area contributed by atoms with Crippen LogP contribution in [0, 0.1) is 0 Å². The van der Waals surface area contributed by atoms with Crippen molar-refractivity contribution >= 4 is 38.9 Å². The van der Waals surface area contributed by atoms with Crippen molar-refractivity contribution in [3.63, 3.8) is 0 Å². The summed E-state index contributed by atoms with van der Waals surface area (Å²) in [6.07, 6.45) is 0. The van der Waals surface area contributed by atoms with Gasteiger partial charge in [0.2, 0.25) is 0 Å². The number of anilines is 3. The van der Waals surface area contributed by atoms with Crippen molar-refractivity contribution in [1.29, 1.82) is 0 Å². The maximum atomic E-state index is 2.41.